The highest BCUT2D eigenvalue weighted by Crippen LogP contribution is 2.34. The molecule has 0 N–H and O–H groups in total. The fourth-order valence-corrected chi connectivity index (χ4v) is 1.81. The fraction of sp³-hybridized carbons (Fsp3) is 0.286. The molecule has 0 aromatic carbocycles. The number of hydrogen-bond acceptors (Lipinski definition) is 3. The van der Waals surface area contributed by atoms with Gasteiger partial charge in [0, 0.05) is 11.8 Å². The molecule has 0 atom stereocenters. The summed E-state index contributed by atoms with van der Waals surface area (Å²) in [5, 5.41) is 10.6. The number of nitro groups is 1. The van der Waals surface area contributed by atoms with Gasteiger partial charge in [-0.15, -0.1) is 11.6 Å². The van der Waals surface area contributed by atoms with Crippen molar-refractivity contribution in [2.75, 3.05) is 0 Å². The molecule has 0 spiro atoms. The first-order valence-corrected chi connectivity index (χ1v) is 4.97. The molecule has 1 rings (SSSR count). The third kappa shape index (κ3) is 2.40. The summed E-state index contributed by atoms with van der Waals surface area (Å²) in [6, 6.07) is 0. The Hall–Kier alpha value is -0.820. The second kappa shape index (κ2) is 4.80. The van der Waals surface area contributed by atoms with E-state index in [0.717, 1.165) is 6.20 Å². The second-order valence-corrected chi connectivity index (χ2v) is 3.54. The maximum Gasteiger partial charge on any atom is 0.306 e. The molecule has 0 aliphatic rings. The zero-order valence-corrected chi connectivity index (χ0v) is 9.43. The average molecular weight is 301 g/mol. The normalized spacial score (nSPS) is 10.7. The SMILES string of the molecule is O=[N+]([O-])c1c(Br)ncc(C(F)F)c1CCl. The van der Waals surface area contributed by atoms with Crippen molar-refractivity contribution < 1.29 is 13.7 Å². The lowest BCUT2D eigenvalue weighted by molar-refractivity contribution is -0.386. The van der Waals surface area contributed by atoms with Crippen LogP contribution in [0.4, 0.5) is 14.5 Å². The molecule has 0 bridgehead atoms. The zero-order valence-electron chi connectivity index (χ0n) is 7.08. The first-order chi connectivity index (χ1) is 6.99. The van der Waals surface area contributed by atoms with E-state index in [1.165, 1.54) is 0 Å². The van der Waals surface area contributed by atoms with Crippen LogP contribution in [0.2, 0.25) is 0 Å². The van der Waals surface area contributed by atoms with Crippen molar-refractivity contribution in [2.24, 2.45) is 0 Å². The summed E-state index contributed by atoms with van der Waals surface area (Å²) in [7, 11) is 0. The first-order valence-electron chi connectivity index (χ1n) is 3.64. The van der Waals surface area contributed by atoms with E-state index in [1.807, 2.05) is 0 Å². The van der Waals surface area contributed by atoms with Crippen molar-refractivity contribution in [1.29, 1.82) is 0 Å². The molecule has 0 aliphatic carbocycles. The summed E-state index contributed by atoms with van der Waals surface area (Å²) in [6.07, 6.45) is -1.96. The van der Waals surface area contributed by atoms with Gasteiger partial charge < -0.3 is 0 Å². The third-order valence-electron chi connectivity index (χ3n) is 1.70. The van der Waals surface area contributed by atoms with Gasteiger partial charge in [0.2, 0.25) is 0 Å². The summed E-state index contributed by atoms with van der Waals surface area (Å²) in [5.41, 5.74) is -1.23. The molecule has 1 heterocycles. The quantitative estimate of drug-likeness (QED) is 0.372. The van der Waals surface area contributed by atoms with Gasteiger partial charge in [-0.2, -0.15) is 0 Å². The van der Waals surface area contributed by atoms with Crippen molar-refractivity contribution in [1.82, 2.24) is 4.98 Å². The number of halogens is 4. The number of pyridine rings is 1. The minimum absolute atomic E-state index is 0.104. The lowest BCUT2D eigenvalue weighted by Gasteiger charge is -2.06. The summed E-state index contributed by atoms with van der Waals surface area (Å²) >= 11 is 8.23. The van der Waals surface area contributed by atoms with Crippen LogP contribution in [0.5, 0.6) is 0 Å². The van der Waals surface area contributed by atoms with E-state index in [2.05, 4.69) is 20.9 Å². The Bertz CT molecular complexity index is 403. The van der Waals surface area contributed by atoms with Crippen LogP contribution in [0.15, 0.2) is 10.8 Å². The van der Waals surface area contributed by atoms with Crippen molar-refractivity contribution in [3.63, 3.8) is 0 Å². The van der Waals surface area contributed by atoms with Gasteiger partial charge in [0.05, 0.1) is 16.4 Å². The summed E-state index contributed by atoms with van der Waals surface area (Å²) in [6.45, 7) is 0. The molecule has 8 heteroatoms. The molecule has 82 valence electrons. The molecule has 0 radical (unpaired) electrons. The standard InChI is InChI=1S/C7H4BrClF2N2O2/c8-6-5(13(14)15)3(1-9)4(2-12-6)7(10)11/h2,7H,1H2. The smallest absolute Gasteiger partial charge is 0.258 e. The van der Waals surface area contributed by atoms with Crippen LogP contribution >= 0.6 is 27.5 Å². The van der Waals surface area contributed by atoms with Gasteiger partial charge in [0.25, 0.3) is 6.43 Å². The summed E-state index contributed by atoms with van der Waals surface area (Å²) in [5.74, 6) is -0.364. The van der Waals surface area contributed by atoms with E-state index < -0.39 is 22.6 Å². The van der Waals surface area contributed by atoms with Crippen LogP contribution in [0.1, 0.15) is 17.6 Å². The van der Waals surface area contributed by atoms with Gasteiger partial charge in [-0.3, -0.25) is 10.1 Å². The topological polar surface area (TPSA) is 56.0 Å². The molecule has 0 aliphatic heterocycles. The van der Waals surface area contributed by atoms with Gasteiger partial charge in [-0.25, -0.2) is 13.8 Å². The van der Waals surface area contributed by atoms with Crippen LogP contribution in [-0.2, 0) is 5.88 Å². The highest BCUT2D eigenvalue weighted by Gasteiger charge is 2.26. The van der Waals surface area contributed by atoms with Gasteiger partial charge in [0.1, 0.15) is 0 Å². The van der Waals surface area contributed by atoms with E-state index in [1.54, 1.807) is 0 Å². The molecule has 0 unspecified atom stereocenters. The van der Waals surface area contributed by atoms with Crippen LogP contribution in [0.3, 0.4) is 0 Å². The van der Waals surface area contributed by atoms with Crippen molar-refractivity contribution >= 4 is 33.2 Å². The van der Waals surface area contributed by atoms with E-state index in [9.17, 15) is 18.9 Å². The zero-order chi connectivity index (χ0) is 11.6. The van der Waals surface area contributed by atoms with E-state index in [-0.39, 0.29) is 16.0 Å². The number of rotatable bonds is 3. The van der Waals surface area contributed by atoms with Gasteiger partial charge in [-0.05, 0) is 15.9 Å². The number of hydrogen-bond donors (Lipinski definition) is 0. The highest BCUT2D eigenvalue weighted by molar-refractivity contribution is 9.10. The van der Waals surface area contributed by atoms with Crippen molar-refractivity contribution in [3.8, 4) is 0 Å². The van der Waals surface area contributed by atoms with E-state index >= 15 is 0 Å². The van der Waals surface area contributed by atoms with Crippen molar-refractivity contribution in [2.45, 2.75) is 12.3 Å². The van der Waals surface area contributed by atoms with Crippen LogP contribution < -0.4 is 0 Å². The summed E-state index contributed by atoms with van der Waals surface area (Å²) < 4.78 is 24.8. The Morgan fingerprint density at radius 1 is 1.67 bits per heavy atom. The molecule has 0 saturated heterocycles. The molecule has 15 heavy (non-hydrogen) atoms. The van der Waals surface area contributed by atoms with E-state index in [0.29, 0.717) is 0 Å². The lowest BCUT2D eigenvalue weighted by atomic mass is 10.1. The van der Waals surface area contributed by atoms with Gasteiger partial charge >= 0.3 is 5.69 Å². The van der Waals surface area contributed by atoms with Crippen molar-refractivity contribution in [3.05, 3.63) is 32.0 Å². The van der Waals surface area contributed by atoms with Crippen LogP contribution in [-0.4, -0.2) is 9.91 Å². The minimum atomic E-state index is -2.84. The first kappa shape index (κ1) is 12.3. The fourth-order valence-electron chi connectivity index (χ4n) is 1.04. The van der Waals surface area contributed by atoms with E-state index in [4.69, 9.17) is 11.6 Å². The molecule has 4 nitrogen and oxygen atoms in total. The Morgan fingerprint density at radius 2 is 2.27 bits per heavy atom. The highest BCUT2D eigenvalue weighted by atomic mass is 79.9. The maximum atomic E-state index is 12.5. The van der Waals surface area contributed by atoms with Gasteiger partial charge in [0.15, 0.2) is 4.60 Å². The number of alkyl halides is 3. The predicted molar refractivity (Wildman–Crippen MR) is 53.1 cm³/mol. The Balaban J connectivity index is 3.47. The summed E-state index contributed by atoms with van der Waals surface area (Å²) in [4.78, 5) is 13.3. The Labute approximate surface area is 96.5 Å². The monoisotopic (exact) mass is 300 g/mol. The van der Waals surface area contributed by atoms with Gasteiger partial charge in [-0.1, -0.05) is 0 Å². The third-order valence-corrected chi connectivity index (χ3v) is 2.55. The molecular formula is C7H4BrClF2N2O2. The molecule has 0 amide bonds. The molecule has 0 saturated carbocycles. The number of nitrogens with zero attached hydrogens (tertiary/aromatic N) is 2. The molecule has 1 aromatic rings. The van der Waals surface area contributed by atoms with Crippen LogP contribution in [0, 0.1) is 10.1 Å². The predicted octanol–water partition coefficient (Wildman–Crippen LogP) is 3.43. The van der Waals surface area contributed by atoms with Crippen LogP contribution in [0.25, 0.3) is 0 Å². The molecule has 1 aromatic heterocycles. The largest absolute Gasteiger partial charge is 0.306 e. The Morgan fingerprint density at radius 3 is 2.67 bits per heavy atom. The second-order valence-electron chi connectivity index (χ2n) is 2.52. The molecular weight excluding hydrogens is 297 g/mol. The lowest BCUT2D eigenvalue weighted by Crippen LogP contribution is -2.02. The maximum absolute atomic E-state index is 12.5. The average Bonchev–Trinajstić information content (AvgIpc) is 2.15. The molecule has 0 fully saturated rings. The Kier molecular flexibility index (Phi) is 3.92. The number of aromatic nitrogens is 1. The minimum Gasteiger partial charge on any atom is -0.258 e.